The first kappa shape index (κ1) is 11.2. The number of nitrogens with one attached hydrogen (secondary N) is 1. The molecule has 0 atom stereocenters. The maximum atomic E-state index is 12.6. The molecule has 16 heavy (non-hydrogen) atoms. The van der Waals surface area contributed by atoms with Gasteiger partial charge in [-0.25, -0.2) is 9.37 Å². The van der Waals surface area contributed by atoms with Crippen molar-refractivity contribution in [1.29, 1.82) is 0 Å². The predicted molar refractivity (Wildman–Crippen MR) is 64.2 cm³/mol. The molecule has 0 saturated heterocycles. The highest BCUT2D eigenvalue weighted by atomic mass is 79.9. The lowest BCUT2D eigenvalue weighted by Crippen LogP contribution is -2.11. The van der Waals surface area contributed by atoms with Gasteiger partial charge in [-0.1, -0.05) is 0 Å². The molecule has 3 nitrogen and oxygen atoms in total. The van der Waals surface area contributed by atoms with Crippen LogP contribution < -0.4 is 5.32 Å². The average molecular weight is 301 g/mol. The summed E-state index contributed by atoms with van der Waals surface area (Å²) in [7, 11) is 0. The highest BCUT2D eigenvalue weighted by molar-refractivity contribution is 9.11. The Morgan fingerprint density at radius 1 is 1.38 bits per heavy atom. The van der Waals surface area contributed by atoms with Crippen molar-refractivity contribution in [3.8, 4) is 0 Å². The first-order chi connectivity index (χ1) is 7.65. The molecule has 0 spiro atoms. The van der Waals surface area contributed by atoms with E-state index < -0.39 is 5.82 Å². The Morgan fingerprint density at radius 3 is 2.75 bits per heavy atom. The average Bonchev–Trinajstić information content (AvgIpc) is 2.68. The standard InChI is InChI=1S/C10H6BrFN2OS/c11-8-3-2-7(16-8)10(15)14-9-4-1-6(12)5-13-9/h1-5H,(H,13,14,15). The van der Waals surface area contributed by atoms with Crippen LogP contribution in [0.15, 0.2) is 34.2 Å². The molecular formula is C10H6BrFN2OS. The summed E-state index contributed by atoms with van der Waals surface area (Å²) in [6.45, 7) is 0. The fourth-order valence-electron chi connectivity index (χ4n) is 1.06. The summed E-state index contributed by atoms with van der Waals surface area (Å²) in [6, 6.07) is 6.15. The normalized spacial score (nSPS) is 10.1. The summed E-state index contributed by atoms with van der Waals surface area (Å²) in [5.74, 6) is -0.359. The van der Waals surface area contributed by atoms with Crippen molar-refractivity contribution < 1.29 is 9.18 Å². The van der Waals surface area contributed by atoms with E-state index in [0.29, 0.717) is 10.7 Å². The summed E-state index contributed by atoms with van der Waals surface area (Å²) in [5.41, 5.74) is 0. The minimum atomic E-state index is -0.433. The number of anilines is 1. The zero-order valence-electron chi connectivity index (χ0n) is 7.91. The molecule has 0 saturated carbocycles. The van der Waals surface area contributed by atoms with E-state index >= 15 is 0 Å². The second kappa shape index (κ2) is 4.71. The largest absolute Gasteiger partial charge is 0.306 e. The van der Waals surface area contributed by atoms with Gasteiger partial charge in [0.1, 0.15) is 11.6 Å². The van der Waals surface area contributed by atoms with E-state index in [9.17, 15) is 9.18 Å². The number of hydrogen-bond donors (Lipinski definition) is 1. The molecule has 0 aliphatic carbocycles. The third-order valence-corrected chi connectivity index (χ3v) is 3.39. The van der Waals surface area contributed by atoms with Gasteiger partial charge in [0, 0.05) is 0 Å². The van der Waals surface area contributed by atoms with Crippen LogP contribution in [0.25, 0.3) is 0 Å². The minimum Gasteiger partial charge on any atom is -0.306 e. The lowest BCUT2D eigenvalue weighted by molar-refractivity contribution is 0.103. The molecule has 0 radical (unpaired) electrons. The van der Waals surface area contributed by atoms with Crippen LogP contribution >= 0.6 is 27.3 Å². The topological polar surface area (TPSA) is 42.0 Å². The Bertz CT molecular complexity index is 512. The summed E-state index contributed by atoms with van der Waals surface area (Å²) < 4.78 is 13.5. The molecule has 0 fully saturated rings. The van der Waals surface area contributed by atoms with Gasteiger partial charge in [0.15, 0.2) is 0 Å². The number of carbonyl (C=O) groups is 1. The van der Waals surface area contributed by atoms with Gasteiger partial charge in [-0.3, -0.25) is 4.79 Å². The van der Waals surface area contributed by atoms with Crippen molar-refractivity contribution in [2.24, 2.45) is 0 Å². The lowest BCUT2D eigenvalue weighted by Gasteiger charge is -2.01. The molecule has 0 unspecified atom stereocenters. The van der Waals surface area contributed by atoms with Gasteiger partial charge in [0.25, 0.3) is 5.91 Å². The third-order valence-electron chi connectivity index (χ3n) is 1.77. The van der Waals surface area contributed by atoms with Crippen LogP contribution in [-0.2, 0) is 0 Å². The van der Waals surface area contributed by atoms with Crippen molar-refractivity contribution in [2.75, 3.05) is 5.32 Å². The van der Waals surface area contributed by atoms with Gasteiger partial charge in [0.05, 0.1) is 14.9 Å². The van der Waals surface area contributed by atoms with Crippen LogP contribution in [0.5, 0.6) is 0 Å². The zero-order valence-corrected chi connectivity index (χ0v) is 10.3. The smallest absolute Gasteiger partial charge is 0.266 e. The number of rotatable bonds is 2. The molecule has 0 aliphatic rings. The maximum absolute atomic E-state index is 12.6. The number of hydrogen-bond acceptors (Lipinski definition) is 3. The summed E-state index contributed by atoms with van der Waals surface area (Å²) in [6.07, 6.45) is 1.06. The molecule has 82 valence electrons. The quantitative estimate of drug-likeness (QED) is 0.924. The van der Waals surface area contributed by atoms with E-state index in [0.717, 1.165) is 9.98 Å². The van der Waals surface area contributed by atoms with Gasteiger partial charge in [-0.15, -0.1) is 11.3 Å². The highest BCUT2D eigenvalue weighted by Crippen LogP contribution is 2.22. The van der Waals surface area contributed by atoms with Gasteiger partial charge in [-0.05, 0) is 40.2 Å². The molecule has 0 aliphatic heterocycles. The second-order valence-corrected chi connectivity index (χ2v) is 5.38. The number of aromatic nitrogens is 1. The number of thiophene rings is 1. The maximum Gasteiger partial charge on any atom is 0.266 e. The molecule has 6 heteroatoms. The van der Waals surface area contributed by atoms with Crippen LogP contribution in [0.2, 0.25) is 0 Å². The second-order valence-electron chi connectivity index (χ2n) is 2.92. The zero-order chi connectivity index (χ0) is 11.5. The lowest BCUT2D eigenvalue weighted by atomic mass is 10.4. The molecule has 1 N–H and O–H groups in total. The molecule has 2 aromatic rings. The van der Waals surface area contributed by atoms with Crippen molar-refractivity contribution in [3.63, 3.8) is 0 Å². The van der Waals surface area contributed by atoms with E-state index in [4.69, 9.17) is 0 Å². The van der Waals surface area contributed by atoms with E-state index in [1.54, 1.807) is 12.1 Å². The molecular weight excluding hydrogens is 295 g/mol. The highest BCUT2D eigenvalue weighted by Gasteiger charge is 2.09. The van der Waals surface area contributed by atoms with Gasteiger partial charge < -0.3 is 5.32 Å². The van der Waals surface area contributed by atoms with E-state index in [1.807, 2.05) is 0 Å². The number of halogens is 2. The monoisotopic (exact) mass is 300 g/mol. The fourth-order valence-corrected chi connectivity index (χ4v) is 2.35. The van der Waals surface area contributed by atoms with Crippen LogP contribution in [0, 0.1) is 5.82 Å². The van der Waals surface area contributed by atoms with Crippen LogP contribution in [0.4, 0.5) is 10.2 Å². The number of pyridine rings is 1. The molecule has 2 aromatic heterocycles. The Morgan fingerprint density at radius 2 is 2.19 bits per heavy atom. The van der Waals surface area contributed by atoms with Crippen LogP contribution in [0.1, 0.15) is 9.67 Å². The van der Waals surface area contributed by atoms with Gasteiger partial charge in [-0.2, -0.15) is 0 Å². The van der Waals surface area contributed by atoms with Gasteiger partial charge >= 0.3 is 0 Å². The molecule has 0 aromatic carbocycles. The number of carbonyl (C=O) groups excluding carboxylic acids is 1. The van der Waals surface area contributed by atoms with Crippen molar-refractivity contribution in [1.82, 2.24) is 4.98 Å². The first-order valence-corrected chi connectivity index (χ1v) is 5.94. The van der Waals surface area contributed by atoms with E-state index in [-0.39, 0.29) is 5.91 Å². The Kier molecular flexibility index (Phi) is 3.31. The SMILES string of the molecule is O=C(Nc1ccc(F)cn1)c1ccc(Br)s1. The van der Waals surface area contributed by atoms with Crippen molar-refractivity contribution >= 4 is 39.0 Å². The first-order valence-electron chi connectivity index (χ1n) is 4.33. The Balaban J connectivity index is 2.10. The molecule has 0 bridgehead atoms. The van der Waals surface area contributed by atoms with Crippen molar-refractivity contribution in [3.05, 3.63) is 44.9 Å². The third kappa shape index (κ3) is 2.65. The fraction of sp³-hybridized carbons (Fsp3) is 0. The number of nitrogens with zero attached hydrogens (tertiary/aromatic N) is 1. The van der Waals surface area contributed by atoms with Crippen molar-refractivity contribution in [2.45, 2.75) is 0 Å². The van der Waals surface area contributed by atoms with Gasteiger partial charge in [0.2, 0.25) is 0 Å². The number of amides is 1. The molecule has 2 rings (SSSR count). The summed E-state index contributed by atoms with van der Waals surface area (Å²) in [4.78, 5) is 16.0. The van der Waals surface area contributed by atoms with Crippen LogP contribution in [0.3, 0.4) is 0 Å². The van der Waals surface area contributed by atoms with Crippen LogP contribution in [-0.4, -0.2) is 10.9 Å². The Labute approximate surface area is 103 Å². The molecule has 2 heterocycles. The predicted octanol–water partition coefficient (Wildman–Crippen LogP) is 3.30. The minimum absolute atomic E-state index is 0.255. The molecule has 1 amide bonds. The summed E-state index contributed by atoms with van der Waals surface area (Å²) in [5, 5.41) is 2.57. The Hall–Kier alpha value is -1.27. The summed E-state index contributed by atoms with van der Waals surface area (Å²) >= 11 is 4.59. The van der Waals surface area contributed by atoms with E-state index in [2.05, 4.69) is 26.2 Å². The van der Waals surface area contributed by atoms with E-state index in [1.165, 1.54) is 23.5 Å².